The molecule has 39 heavy (non-hydrogen) atoms. The van der Waals surface area contributed by atoms with E-state index < -0.39 is 11.9 Å². The van der Waals surface area contributed by atoms with Gasteiger partial charge in [0.25, 0.3) is 0 Å². The van der Waals surface area contributed by atoms with Crippen LogP contribution in [0.2, 0.25) is 0 Å². The van der Waals surface area contributed by atoms with Crippen LogP contribution in [-0.4, -0.2) is 11.1 Å². The van der Waals surface area contributed by atoms with Gasteiger partial charge in [-0.05, 0) is 102 Å². The van der Waals surface area contributed by atoms with E-state index in [0.717, 1.165) is 59.3 Å². The minimum Gasteiger partial charge on any atom is -0.485 e. The normalized spacial score (nSPS) is 19.5. The highest BCUT2D eigenvalue weighted by Gasteiger charge is 2.39. The summed E-state index contributed by atoms with van der Waals surface area (Å²) < 4.78 is 21.7. The summed E-state index contributed by atoms with van der Waals surface area (Å²) in [5.41, 5.74) is 7.11. The molecule has 3 aromatic carbocycles. The number of ether oxygens (including phenoxy) is 1. The van der Waals surface area contributed by atoms with E-state index in [4.69, 9.17) is 4.74 Å². The number of benzene rings is 3. The minimum atomic E-state index is -0.742. The van der Waals surface area contributed by atoms with Gasteiger partial charge >= 0.3 is 5.97 Å². The van der Waals surface area contributed by atoms with Crippen LogP contribution in [0.4, 0.5) is 4.39 Å². The molecule has 0 radical (unpaired) electrons. The summed E-state index contributed by atoms with van der Waals surface area (Å²) >= 11 is 0. The number of hydrogen-bond donors (Lipinski definition) is 1. The summed E-state index contributed by atoms with van der Waals surface area (Å²) in [5, 5.41) is 9.73. The molecule has 0 aromatic heterocycles. The molecule has 1 N–H and O–H groups in total. The molecule has 3 nitrogen and oxygen atoms in total. The molecule has 2 unspecified atom stereocenters. The molecule has 4 atom stereocenters. The Hall–Kier alpha value is -3.14. The van der Waals surface area contributed by atoms with Crippen molar-refractivity contribution in [3.63, 3.8) is 0 Å². The Kier molecular flexibility index (Phi) is 7.35. The predicted molar refractivity (Wildman–Crippen MR) is 155 cm³/mol. The number of rotatable bonds is 7. The van der Waals surface area contributed by atoms with Gasteiger partial charge in [-0.1, -0.05) is 76.6 Å². The largest absolute Gasteiger partial charge is 0.485 e. The maximum absolute atomic E-state index is 15.0. The van der Waals surface area contributed by atoms with E-state index in [2.05, 4.69) is 64.1 Å². The predicted octanol–water partition coefficient (Wildman–Crippen LogP) is 9.23. The molecule has 0 spiro atoms. The van der Waals surface area contributed by atoms with E-state index in [1.165, 1.54) is 5.56 Å². The molecule has 0 bridgehead atoms. The van der Waals surface area contributed by atoms with Crippen molar-refractivity contribution in [2.45, 2.75) is 85.2 Å². The molecule has 206 valence electrons. The third-order valence-electron chi connectivity index (χ3n) is 9.10. The van der Waals surface area contributed by atoms with Crippen LogP contribution in [0.1, 0.15) is 99.6 Å². The van der Waals surface area contributed by atoms with Crippen molar-refractivity contribution in [2.24, 2.45) is 17.3 Å². The van der Waals surface area contributed by atoms with Crippen molar-refractivity contribution in [3.8, 4) is 16.9 Å². The fourth-order valence-electron chi connectivity index (χ4n) is 6.10. The first-order chi connectivity index (χ1) is 18.4. The first kappa shape index (κ1) is 27.4. The third-order valence-corrected chi connectivity index (χ3v) is 9.10. The minimum absolute atomic E-state index is 0.00124. The van der Waals surface area contributed by atoms with E-state index in [-0.39, 0.29) is 29.2 Å². The first-order valence-electron chi connectivity index (χ1n) is 14.4. The Balaban J connectivity index is 1.50. The average molecular weight is 529 g/mol. The Bertz CT molecular complexity index is 1380. The van der Waals surface area contributed by atoms with Crippen molar-refractivity contribution in [1.29, 1.82) is 0 Å². The third kappa shape index (κ3) is 5.62. The van der Waals surface area contributed by atoms with E-state index >= 15 is 4.39 Å². The summed E-state index contributed by atoms with van der Waals surface area (Å²) in [5.74, 6) is 0.147. The van der Waals surface area contributed by atoms with Crippen molar-refractivity contribution in [2.75, 3.05) is 0 Å². The fraction of sp³-hybridized carbons (Fsp3) is 0.457. The van der Waals surface area contributed by atoms with Crippen LogP contribution in [0.15, 0.2) is 54.6 Å². The summed E-state index contributed by atoms with van der Waals surface area (Å²) in [6, 6.07) is 18.0. The highest BCUT2D eigenvalue weighted by atomic mass is 19.1. The Morgan fingerprint density at radius 3 is 2.38 bits per heavy atom. The van der Waals surface area contributed by atoms with Crippen LogP contribution in [0.25, 0.3) is 11.1 Å². The molecule has 1 heterocycles. The van der Waals surface area contributed by atoms with Crippen molar-refractivity contribution in [1.82, 2.24) is 0 Å². The second-order valence-electron chi connectivity index (χ2n) is 12.9. The smallest absolute Gasteiger partial charge is 0.306 e. The number of hydrogen-bond acceptors (Lipinski definition) is 2. The molecule has 1 fully saturated rings. The lowest BCUT2D eigenvalue weighted by Crippen LogP contribution is -2.22. The fourth-order valence-corrected chi connectivity index (χ4v) is 6.10. The summed E-state index contributed by atoms with van der Waals surface area (Å²) in [4.78, 5) is 11.8. The molecule has 1 saturated carbocycles. The number of carbonyl (C=O) groups is 1. The lowest BCUT2D eigenvalue weighted by molar-refractivity contribution is -0.142. The Morgan fingerprint density at radius 1 is 0.974 bits per heavy atom. The van der Waals surface area contributed by atoms with Crippen molar-refractivity contribution < 1.29 is 19.0 Å². The lowest BCUT2D eigenvalue weighted by Gasteiger charge is -2.32. The molecule has 3 aromatic rings. The second kappa shape index (κ2) is 10.4. The molecule has 2 aliphatic rings. The van der Waals surface area contributed by atoms with Crippen LogP contribution in [-0.2, 0) is 11.2 Å². The molecule has 1 aliphatic carbocycles. The quantitative estimate of drug-likeness (QED) is 0.332. The summed E-state index contributed by atoms with van der Waals surface area (Å²) in [6.07, 6.45) is 3.84. The van der Waals surface area contributed by atoms with Crippen molar-refractivity contribution >= 4 is 5.97 Å². The van der Waals surface area contributed by atoms with E-state index in [1.54, 1.807) is 6.07 Å². The number of halogens is 1. The standard InChI is InChI=1S/C35H41FO3/c1-20-7-15-30(36)29(17-20)27-14-12-25(18-28(27)22(3)35(4,5)6)31-16-13-23-8-11-26(19-32(23)39-31)33(24-9-10-24)21(2)34(37)38/h7-8,11-12,14-15,17-19,21-22,24,31,33H,9-10,13,16H2,1-6H3,(H,37,38)/t21-,22?,31?,33-/m0/s1. The molecular formula is C35H41FO3. The zero-order valence-electron chi connectivity index (χ0n) is 24.1. The molecule has 0 saturated heterocycles. The molecule has 0 amide bonds. The number of carboxylic acid groups (broad SMARTS) is 1. The first-order valence-corrected chi connectivity index (χ1v) is 14.4. The van der Waals surface area contributed by atoms with Gasteiger partial charge in [0.1, 0.15) is 17.7 Å². The van der Waals surface area contributed by atoms with E-state index in [0.29, 0.717) is 11.5 Å². The van der Waals surface area contributed by atoms with Gasteiger partial charge < -0.3 is 9.84 Å². The van der Waals surface area contributed by atoms with E-state index in [1.807, 2.05) is 26.0 Å². The average Bonchev–Trinajstić information content (AvgIpc) is 3.73. The van der Waals surface area contributed by atoms with Gasteiger partial charge in [-0.25, -0.2) is 4.39 Å². The van der Waals surface area contributed by atoms with Crippen LogP contribution < -0.4 is 4.74 Å². The monoisotopic (exact) mass is 528 g/mol. The van der Waals surface area contributed by atoms with Gasteiger partial charge in [0.2, 0.25) is 0 Å². The Morgan fingerprint density at radius 2 is 1.72 bits per heavy atom. The maximum atomic E-state index is 15.0. The van der Waals surface area contributed by atoms with Crippen LogP contribution in [0.5, 0.6) is 5.75 Å². The van der Waals surface area contributed by atoms with Crippen LogP contribution >= 0.6 is 0 Å². The SMILES string of the molecule is Cc1ccc(F)c(-c2ccc(C3CCc4ccc([C@H](C5CC5)[C@H](C)C(=O)O)cc4O3)cc2C(C)C(C)(C)C)c1. The zero-order chi connectivity index (χ0) is 28.1. The highest BCUT2D eigenvalue weighted by molar-refractivity contribution is 5.71. The van der Waals surface area contributed by atoms with Crippen molar-refractivity contribution in [3.05, 3.63) is 88.2 Å². The van der Waals surface area contributed by atoms with Gasteiger partial charge in [0.05, 0.1) is 5.92 Å². The van der Waals surface area contributed by atoms with E-state index in [9.17, 15) is 9.90 Å². The summed E-state index contributed by atoms with van der Waals surface area (Å²) in [6.45, 7) is 12.7. The molecule has 4 heteroatoms. The van der Waals surface area contributed by atoms with Gasteiger partial charge in [-0.2, -0.15) is 0 Å². The Labute approximate surface area is 232 Å². The van der Waals surface area contributed by atoms with Crippen LogP contribution in [0, 0.1) is 30.0 Å². The zero-order valence-corrected chi connectivity index (χ0v) is 24.1. The number of aryl methyl sites for hydroxylation is 2. The maximum Gasteiger partial charge on any atom is 0.306 e. The van der Waals surface area contributed by atoms with Crippen LogP contribution in [0.3, 0.4) is 0 Å². The lowest BCUT2D eigenvalue weighted by atomic mass is 9.74. The second-order valence-corrected chi connectivity index (χ2v) is 12.9. The van der Waals surface area contributed by atoms with Gasteiger partial charge in [-0.15, -0.1) is 0 Å². The summed E-state index contributed by atoms with van der Waals surface area (Å²) in [7, 11) is 0. The molecular weight excluding hydrogens is 487 g/mol. The molecule has 5 rings (SSSR count). The number of fused-ring (bicyclic) bond motifs is 1. The molecule has 1 aliphatic heterocycles. The topological polar surface area (TPSA) is 46.5 Å². The highest BCUT2D eigenvalue weighted by Crippen LogP contribution is 2.49. The van der Waals surface area contributed by atoms with Gasteiger partial charge in [0, 0.05) is 5.56 Å². The van der Waals surface area contributed by atoms with Gasteiger partial charge in [-0.3, -0.25) is 4.79 Å². The number of aliphatic carboxylic acids is 1. The van der Waals surface area contributed by atoms with Gasteiger partial charge in [0.15, 0.2) is 0 Å². The number of carboxylic acids is 1.